The van der Waals surface area contributed by atoms with Crippen LogP contribution in [0.3, 0.4) is 0 Å². The normalized spacial score (nSPS) is 18.5. The van der Waals surface area contributed by atoms with Gasteiger partial charge in [0, 0.05) is 13.1 Å². The first kappa shape index (κ1) is 9.37. The Morgan fingerprint density at radius 2 is 1.93 bits per heavy atom. The quantitative estimate of drug-likeness (QED) is 0.712. The summed E-state index contributed by atoms with van der Waals surface area (Å²) >= 11 is 0. The van der Waals surface area contributed by atoms with Crippen molar-refractivity contribution < 1.29 is 0 Å². The molecule has 4 nitrogen and oxygen atoms in total. The predicted octanol–water partition coefficient (Wildman–Crippen LogP) is 1.50. The molecule has 76 valence electrons. The summed E-state index contributed by atoms with van der Waals surface area (Å²) in [6.07, 6.45) is 6.96. The molecule has 1 fully saturated rings. The highest BCUT2D eigenvalue weighted by atomic mass is 15.3. The molecular formula is C10H16N4. The predicted molar refractivity (Wildman–Crippen MR) is 55.1 cm³/mol. The van der Waals surface area contributed by atoms with Crippen molar-refractivity contribution in [2.75, 3.05) is 18.0 Å². The van der Waals surface area contributed by atoms with E-state index in [0.717, 1.165) is 25.0 Å². The Balaban J connectivity index is 1.96. The molecule has 0 atom stereocenters. The van der Waals surface area contributed by atoms with Crippen LogP contribution in [0.4, 0.5) is 5.95 Å². The Bertz CT molecular complexity index is 267. The second-order valence-corrected chi connectivity index (χ2v) is 3.78. The molecule has 0 aromatic carbocycles. The van der Waals surface area contributed by atoms with E-state index in [1.165, 1.54) is 19.3 Å². The lowest BCUT2D eigenvalue weighted by Crippen LogP contribution is -2.34. The van der Waals surface area contributed by atoms with E-state index in [-0.39, 0.29) is 0 Å². The van der Waals surface area contributed by atoms with Crippen LogP contribution in [-0.2, 0) is 0 Å². The van der Waals surface area contributed by atoms with Crippen LogP contribution in [0.5, 0.6) is 0 Å². The number of hydrogen-bond donors (Lipinski definition) is 0. The minimum atomic E-state index is 0.828. The number of piperidine rings is 1. The zero-order valence-corrected chi connectivity index (χ0v) is 8.56. The van der Waals surface area contributed by atoms with Crippen molar-refractivity contribution >= 4 is 5.95 Å². The number of anilines is 1. The molecule has 1 aromatic heterocycles. The summed E-state index contributed by atoms with van der Waals surface area (Å²) in [5.74, 6) is 1.72. The number of aromatic nitrogens is 3. The number of nitrogens with zero attached hydrogens (tertiary/aromatic N) is 4. The molecule has 2 heterocycles. The third-order valence-electron chi connectivity index (χ3n) is 2.95. The maximum absolute atomic E-state index is 4.16. The molecule has 0 N–H and O–H groups in total. The fourth-order valence-corrected chi connectivity index (χ4v) is 1.94. The zero-order chi connectivity index (χ0) is 9.80. The maximum atomic E-state index is 4.16. The smallest absolute Gasteiger partial charge is 0.228 e. The average molecular weight is 192 g/mol. The molecule has 0 spiro atoms. The fourth-order valence-electron chi connectivity index (χ4n) is 1.94. The van der Waals surface area contributed by atoms with E-state index in [9.17, 15) is 0 Å². The van der Waals surface area contributed by atoms with E-state index in [1.807, 2.05) is 0 Å². The van der Waals surface area contributed by atoms with Gasteiger partial charge >= 0.3 is 0 Å². The van der Waals surface area contributed by atoms with Gasteiger partial charge in [0.1, 0.15) is 12.7 Å². The molecule has 2 rings (SSSR count). The number of rotatable bonds is 2. The molecule has 1 aromatic rings. The van der Waals surface area contributed by atoms with Gasteiger partial charge in [-0.15, -0.1) is 0 Å². The van der Waals surface area contributed by atoms with E-state index >= 15 is 0 Å². The Morgan fingerprint density at radius 3 is 2.50 bits per heavy atom. The summed E-state index contributed by atoms with van der Waals surface area (Å²) in [5, 5.41) is 0. The Hall–Kier alpha value is -1.19. The first-order chi connectivity index (χ1) is 6.90. The monoisotopic (exact) mass is 192 g/mol. The molecule has 14 heavy (non-hydrogen) atoms. The van der Waals surface area contributed by atoms with Gasteiger partial charge < -0.3 is 4.90 Å². The van der Waals surface area contributed by atoms with Crippen molar-refractivity contribution in [1.29, 1.82) is 0 Å². The van der Waals surface area contributed by atoms with Gasteiger partial charge in [0.05, 0.1) is 0 Å². The molecule has 0 amide bonds. The molecule has 0 aliphatic carbocycles. The third kappa shape index (κ3) is 2.00. The first-order valence-electron chi connectivity index (χ1n) is 5.27. The second-order valence-electron chi connectivity index (χ2n) is 3.78. The van der Waals surface area contributed by atoms with Crippen LogP contribution in [0, 0.1) is 5.92 Å². The van der Waals surface area contributed by atoms with E-state index in [0.29, 0.717) is 0 Å². The Morgan fingerprint density at radius 1 is 1.29 bits per heavy atom. The minimum Gasteiger partial charge on any atom is -0.341 e. The molecule has 4 heteroatoms. The van der Waals surface area contributed by atoms with Gasteiger partial charge in [-0.25, -0.2) is 15.0 Å². The van der Waals surface area contributed by atoms with E-state index in [4.69, 9.17) is 0 Å². The van der Waals surface area contributed by atoms with Crippen LogP contribution in [0.15, 0.2) is 12.7 Å². The second kappa shape index (κ2) is 4.35. The highest BCUT2D eigenvalue weighted by molar-refractivity contribution is 5.27. The van der Waals surface area contributed by atoms with Crippen molar-refractivity contribution in [2.45, 2.75) is 26.2 Å². The number of hydrogen-bond acceptors (Lipinski definition) is 4. The summed E-state index contributed by atoms with van der Waals surface area (Å²) in [6, 6.07) is 0. The fraction of sp³-hybridized carbons (Fsp3) is 0.700. The van der Waals surface area contributed by atoms with Crippen LogP contribution >= 0.6 is 0 Å². The van der Waals surface area contributed by atoms with Crippen LogP contribution in [-0.4, -0.2) is 28.0 Å². The SMILES string of the molecule is CCC1CCN(c2ncncn2)CC1. The van der Waals surface area contributed by atoms with Crippen LogP contribution in [0.25, 0.3) is 0 Å². The summed E-state index contributed by atoms with van der Waals surface area (Å²) < 4.78 is 0. The summed E-state index contributed by atoms with van der Waals surface area (Å²) in [6.45, 7) is 4.44. The molecule has 0 saturated carbocycles. The van der Waals surface area contributed by atoms with Gasteiger partial charge in [0.15, 0.2) is 0 Å². The van der Waals surface area contributed by atoms with Gasteiger partial charge in [-0.3, -0.25) is 0 Å². The lowest BCUT2D eigenvalue weighted by Gasteiger charge is -2.31. The summed E-state index contributed by atoms with van der Waals surface area (Å²) in [5.41, 5.74) is 0. The first-order valence-corrected chi connectivity index (χ1v) is 5.27. The molecule has 1 aliphatic heterocycles. The van der Waals surface area contributed by atoms with Gasteiger partial charge in [0.25, 0.3) is 0 Å². The molecule has 1 saturated heterocycles. The van der Waals surface area contributed by atoms with Gasteiger partial charge in [-0.1, -0.05) is 13.3 Å². The van der Waals surface area contributed by atoms with Crippen LogP contribution in [0.2, 0.25) is 0 Å². The van der Waals surface area contributed by atoms with Crippen molar-refractivity contribution in [3.63, 3.8) is 0 Å². The summed E-state index contributed by atoms with van der Waals surface area (Å²) in [7, 11) is 0. The Labute approximate surface area is 84.4 Å². The highest BCUT2D eigenvalue weighted by Gasteiger charge is 2.19. The molecule has 0 radical (unpaired) electrons. The summed E-state index contributed by atoms with van der Waals surface area (Å²) in [4.78, 5) is 14.4. The standard InChI is InChI=1S/C10H16N4/c1-2-9-3-5-14(6-4-9)10-12-7-11-8-13-10/h7-9H,2-6H2,1H3. The van der Waals surface area contributed by atoms with E-state index in [1.54, 1.807) is 12.7 Å². The van der Waals surface area contributed by atoms with Gasteiger partial charge in [-0.05, 0) is 18.8 Å². The van der Waals surface area contributed by atoms with Gasteiger partial charge in [-0.2, -0.15) is 0 Å². The van der Waals surface area contributed by atoms with Crippen molar-refractivity contribution in [1.82, 2.24) is 15.0 Å². The van der Waals surface area contributed by atoms with Crippen molar-refractivity contribution in [2.24, 2.45) is 5.92 Å². The van der Waals surface area contributed by atoms with E-state index in [2.05, 4.69) is 26.8 Å². The van der Waals surface area contributed by atoms with Crippen molar-refractivity contribution in [3.05, 3.63) is 12.7 Å². The topological polar surface area (TPSA) is 41.9 Å². The maximum Gasteiger partial charge on any atom is 0.228 e. The van der Waals surface area contributed by atoms with Gasteiger partial charge in [0.2, 0.25) is 5.95 Å². The Kier molecular flexibility index (Phi) is 2.91. The molecule has 0 bridgehead atoms. The highest BCUT2D eigenvalue weighted by Crippen LogP contribution is 2.21. The largest absolute Gasteiger partial charge is 0.341 e. The third-order valence-corrected chi connectivity index (χ3v) is 2.95. The van der Waals surface area contributed by atoms with Crippen LogP contribution < -0.4 is 4.90 Å². The minimum absolute atomic E-state index is 0.828. The van der Waals surface area contributed by atoms with Crippen molar-refractivity contribution in [3.8, 4) is 0 Å². The average Bonchev–Trinajstić information content (AvgIpc) is 2.30. The lowest BCUT2D eigenvalue weighted by molar-refractivity contribution is 0.392. The molecule has 1 aliphatic rings. The van der Waals surface area contributed by atoms with Crippen LogP contribution in [0.1, 0.15) is 26.2 Å². The zero-order valence-electron chi connectivity index (χ0n) is 8.56. The molecule has 0 unspecified atom stereocenters. The lowest BCUT2D eigenvalue weighted by atomic mass is 9.95. The van der Waals surface area contributed by atoms with E-state index < -0.39 is 0 Å². The molecular weight excluding hydrogens is 176 g/mol.